The van der Waals surface area contributed by atoms with Crippen molar-refractivity contribution >= 4 is 0 Å². The highest BCUT2D eigenvalue weighted by atomic mass is 15.3. The van der Waals surface area contributed by atoms with Crippen LogP contribution in [0.3, 0.4) is 0 Å². The fourth-order valence-corrected chi connectivity index (χ4v) is 1.74. The first kappa shape index (κ1) is 10.5. The summed E-state index contributed by atoms with van der Waals surface area (Å²) in [5.74, 6) is 0. The summed E-state index contributed by atoms with van der Waals surface area (Å²) < 4.78 is 0. The van der Waals surface area contributed by atoms with Gasteiger partial charge in [0.05, 0.1) is 6.07 Å². The second-order valence-electron chi connectivity index (χ2n) is 3.84. The predicted octanol–water partition coefficient (Wildman–Crippen LogP) is -0.527. The van der Waals surface area contributed by atoms with Gasteiger partial charge in [0.2, 0.25) is 0 Å². The molecule has 0 radical (unpaired) electrons. The Kier molecular flexibility index (Phi) is 3.67. The van der Waals surface area contributed by atoms with E-state index in [9.17, 15) is 0 Å². The molecule has 0 amide bonds. The molecule has 4 heteroatoms. The summed E-state index contributed by atoms with van der Waals surface area (Å²) >= 11 is 0. The second kappa shape index (κ2) is 4.56. The average molecular weight is 182 g/mol. The lowest BCUT2D eigenvalue weighted by Crippen LogP contribution is -2.53. The zero-order valence-corrected chi connectivity index (χ0v) is 8.40. The molecule has 2 N–H and O–H groups in total. The Balaban J connectivity index is 2.39. The molecule has 0 saturated carbocycles. The van der Waals surface area contributed by atoms with Gasteiger partial charge in [0.25, 0.3) is 0 Å². The van der Waals surface area contributed by atoms with Gasteiger partial charge in [-0.3, -0.25) is 4.90 Å². The van der Waals surface area contributed by atoms with Gasteiger partial charge < -0.3 is 10.6 Å². The molecule has 13 heavy (non-hydrogen) atoms. The van der Waals surface area contributed by atoms with Gasteiger partial charge in [-0.1, -0.05) is 0 Å². The molecule has 0 aromatic rings. The van der Waals surface area contributed by atoms with Gasteiger partial charge in [0.15, 0.2) is 0 Å². The van der Waals surface area contributed by atoms with Crippen LogP contribution in [0, 0.1) is 11.3 Å². The number of rotatable bonds is 2. The Hall–Kier alpha value is -0.630. The van der Waals surface area contributed by atoms with Crippen LogP contribution < -0.4 is 5.73 Å². The Bertz CT molecular complexity index is 198. The van der Waals surface area contributed by atoms with E-state index in [-0.39, 0.29) is 6.04 Å². The van der Waals surface area contributed by atoms with Gasteiger partial charge in [-0.25, -0.2) is 0 Å². The molecule has 4 nitrogen and oxygen atoms in total. The third kappa shape index (κ3) is 2.96. The lowest BCUT2D eigenvalue weighted by atomic mass is 10.2. The van der Waals surface area contributed by atoms with Gasteiger partial charge in [0, 0.05) is 32.2 Å². The second-order valence-corrected chi connectivity index (χ2v) is 3.84. The zero-order valence-electron chi connectivity index (χ0n) is 8.40. The van der Waals surface area contributed by atoms with Crippen LogP contribution in [0.2, 0.25) is 0 Å². The Morgan fingerprint density at radius 2 is 2.31 bits per heavy atom. The number of nitriles is 1. The summed E-state index contributed by atoms with van der Waals surface area (Å²) in [5, 5.41) is 8.59. The minimum Gasteiger partial charge on any atom is -0.315 e. The van der Waals surface area contributed by atoms with E-state index in [4.69, 9.17) is 11.0 Å². The summed E-state index contributed by atoms with van der Waals surface area (Å²) in [4.78, 5) is 4.59. The van der Waals surface area contributed by atoms with Crippen LogP contribution in [-0.4, -0.2) is 55.1 Å². The van der Waals surface area contributed by atoms with Crippen LogP contribution in [0.15, 0.2) is 0 Å². The molecule has 0 aliphatic carbocycles. The van der Waals surface area contributed by atoms with Crippen LogP contribution in [0.5, 0.6) is 0 Å². The summed E-state index contributed by atoms with van der Waals surface area (Å²) in [7, 11) is 2.12. The first-order valence-electron chi connectivity index (χ1n) is 4.71. The van der Waals surface area contributed by atoms with E-state index < -0.39 is 0 Å². The average Bonchev–Trinajstić information content (AvgIpc) is 2.09. The molecule has 2 unspecified atom stereocenters. The van der Waals surface area contributed by atoms with Crippen molar-refractivity contribution in [1.82, 2.24) is 9.80 Å². The normalized spacial score (nSPS) is 28.3. The SMILES string of the molecule is CC1CN(C)CCN1CC(N)C#N. The highest BCUT2D eigenvalue weighted by Gasteiger charge is 2.22. The molecule has 1 saturated heterocycles. The first-order chi connectivity index (χ1) is 6.13. The number of hydrogen-bond donors (Lipinski definition) is 1. The lowest BCUT2D eigenvalue weighted by molar-refractivity contribution is 0.0988. The molecule has 0 aromatic carbocycles. The summed E-state index contributed by atoms with van der Waals surface area (Å²) in [6, 6.07) is 2.24. The van der Waals surface area contributed by atoms with Crippen LogP contribution in [0.4, 0.5) is 0 Å². The molecule has 1 heterocycles. The standard InChI is InChI=1S/C9H18N4/c1-8-6-12(2)3-4-13(8)7-9(11)5-10/h8-9H,3-4,6-7,11H2,1-2H3. The van der Waals surface area contributed by atoms with E-state index in [0.717, 1.165) is 19.6 Å². The van der Waals surface area contributed by atoms with Gasteiger partial charge >= 0.3 is 0 Å². The van der Waals surface area contributed by atoms with Gasteiger partial charge in [-0.15, -0.1) is 0 Å². The maximum Gasteiger partial charge on any atom is 0.106 e. The summed E-state index contributed by atoms with van der Waals surface area (Å²) in [6.45, 7) is 6.04. The highest BCUT2D eigenvalue weighted by Crippen LogP contribution is 2.07. The van der Waals surface area contributed by atoms with Gasteiger partial charge in [0.1, 0.15) is 6.04 Å². The van der Waals surface area contributed by atoms with E-state index in [1.807, 2.05) is 0 Å². The predicted molar refractivity (Wildman–Crippen MR) is 52.1 cm³/mol. The molecule has 0 spiro atoms. The van der Waals surface area contributed by atoms with Gasteiger partial charge in [-0.2, -0.15) is 5.26 Å². The summed E-state index contributed by atoms with van der Waals surface area (Å²) in [6.07, 6.45) is 0. The Labute approximate surface area is 79.9 Å². The topological polar surface area (TPSA) is 56.3 Å². The molecule has 1 aliphatic heterocycles. The van der Waals surface area contributed by atoms with E-state index in [1.54, 1.807) is 0 Å². The first-order valence-corrected chi connectivity index (χ1v) is 4.71. The Morgan fingerprint density at radius 3 is 2.85 bits per heavy atom. The van der Waals surface area contributed by atoms with Crippen molar-refractivity contribution in [2.45, 2.75) is 19.0 Å². The van der Waals surface area contributed by atoms with E-state index in [2.05, 4.69) is 29.8 Å². The van der Waals surface area contributed by atoms with Crippen molar-refractivity contribution in [2.24, 2.45) is 5.73 Å². The highest BCUT2D eigenvalue weighted by molar-refractivity contribution is 4.91. The zero-order chi connectivity index (χ0) is 9.84. The lowest BCUT2D eigenvalue weighted by Gasteiger charge is -2.38. The number of piperazine rings is 1. The molecule has 1 fully saturated rings. The molecule has 0 aromatic heterocycles. The largest absolute Gasteiger partial charge is 0.315 e. The minimum absolute atomic E-state index is 0.342. The van der Waals surface area contributed by atoms with Crippen molar-refractivity contribution in [2.75, 3.05) is 33.2 Å². The van der Waals surface area contributed by atoms with Crippen molar-refractivity contribution in [3.05, 3.63) is 0 Å². The number of likely N-dealkylation sites (N-methyl/N-ethyl adjacent to an activating group) is 1. The molecule has 1 aliphatic rings. The molecule has 1 rings (SSSR count). The maximum atomic E-state index is 8.59. The van der Waals surface area contributed by atoms with Crippen molar-refractivity contribution in [3.63, 3.8) is 0 Å². The van der Waals surface area contributed by atoms with Crippen LogP contribution in [-0.2, 0) is 0 Å². The van der Waals surface area contributed by atoms with E-state index in [1.165, 1.54) is 0 Å². The number of nitrogens with zero attached hydrogens (tertiary/aromatic N) is 3. The van der Waals surface area contributed by atoms with Crippen LogP contribution in [0.25, 0.3) is 0 Å². The fourth-order valence-electron chi connectivity index (χ4n) is 1.74. The van der Waals surface area contributed by atoms with Crippen LogP contribution in [0.1, 0.15) is 6.92 Å². The molecular formula is C9H18N4. The monoisotopic (exact) mass is 182 g/mol. The molecule has 74 valence electrons. The van der Waals surface area contributed by atoms with Crippen molar-refractivity contribution in [3.8, 4) is 6.07 Å². The fraction of sp³-hybridized carbons (Fsp3) is 0.889. The molecule has 2 atom stereocenters. The van der Waals surface area contributed by atoms with Crippen LogP contribution >= 0.6 is 0 Å². The summed E-state index contributed by atoms with van der Waals surface area (Å²) in [5.41, 5.74) is 5.58. The maximum absolute atomic E-state index is 8.59. The van der Waals surface area contributed by atoms with E-state index >= 15 is 0 Å². The third-order valence-electron chi connectivity index (χ3n) is 2.57. The molecular weight excluding hydrogens is 164 g/mol. The number of nitrogens with two attached hydrogens (primary N) is 1. The van der Waals surface area contributed by atoms with Crippen molar-refractivity contribution < 1.29 is 0 Å². The minimum atomic E-state index is -0.342. The molecule has 0 bridgehead atoms. The Morgan fingerprint density at radius 1 is 1.62 bits per heavy atom. The smallest absolute Gasteiger partial charge is 0.106 e. The quantitative estimate of drug-likeness (QED) is 0.624. The third-order valence-corrected chi connectivity index (χ3v) is 2.57. The number of hydrogen-bond acceptors (Lipinski definition) is 4. The van der Waals surface area contributed by atoms with Crippen molar-refractivity contribution in [1.29, 1.82) is 5.26 Å². The van der Waals surface area contributed by atoms with Gasteiger partial charge in [-0.05, 0) is 14.0 Å². The van der Waals surface area contributed by atoms with E-state index in [0.29, 0.717) is 12.6 Å².